The summed E-state index contributed by atoms with van der Waals surface area (Å²) in [5, 5.41) is 8.35. The Labute approximate surface area is 89.2 Å². The van der Waals surface area contributed by atoms with Gasteiger partial charge in [-0.25, -0.2) is 0 Å². The molecule has 14 heavy (non-hydrogen) atoms. The number of aryl methyl sites for hydroxylation is 2. The van der Waals surface area contributed by atoms with Gasteiger partial charge in [0.2, 0.25) is 0 Å². The van der Waals surface area contributed by atoms with Crippen LogP contribution < -0.4 is 4.74 Å². The van der Waals surface area contributed by atoms with Gasteiger partial charge in [0.15, 0.2) is 0 Å². The van der Waals surface area contributed by atoms with Crippen molar-refractivity contribution in [2.75, 3.05) is 13.4 Å². The highest BCUT2D eigenvalue weighted by Crippen LogP contribution is 2.27. The molecule has 0 fully saturated rings. The molecule has 0 bridgehead atoms. The van der Waals surface area contributed by atoms with Gasteiger partial charge < -0.3 is 4.74 Å². The van der Waals surface area contributed by atoms with E-state index in [1.165, 1.54) is 11.8 Å². The second-order valence-corrected chi connectivity index (χ2v) is 4.01. The first-order valence-corrected chi connectivity index (χ1v) is 5.60. The lowest BCUT2D eigenvalue weighted by atomic mass is 10.1. The minimum absolute atomic E-state index is 0.550. The number of benzene rings is 1. The Morgan fingerprint density at radius 2 is 2.00 bits per heavy atom. The van der Waals surface area contributed by atoms with E-state index in [0.29, 0.717) is 5.04 Å². The maximum Gasteiger partial charge on any atom is 0.131 e. The van der Waals surface area contributed by atoms with Crippen molar-refractivity contribution in [2.24, 2.45) is 0 Å². The molecule has 0 atom stereocenters. The normalized spacial score (nSPS) is 10.0. The first-order valence-electron chi connectivity index (χ1n) is 4.38. The van der Waals surface area contributed by atoms with Crippen molar-refractivity contribution in [3.8, 4) is 5.75 Å². The molecule has 1 aromatic rings. The zero-order chi connectivity index (χ0) is 10.7. The summed E-state index contributed by atoms with van der Waals surface area (Å²) in [5.41, 5.74) is 3.14. The summed E-state index contributed by atoms with van der Waals surface area (Å²) in [5.74, 6) is 0.815. The Hall–Kier alpha value is -0.960. The van der Waals surface area contributed by atoms with Gasteiger partial charge in [0.25, 0.3) is 0 Å². The van der Waals surface area contributed by atoms with Crippen LogP contribution in [0.5, 0.6) is 5.75 Å². The molecule has 0 aliphatic heterocycles. The molecule has 1 rings (SSSR count). The van der Waals surface area contributed by atoms with E-state index in [4.69, 9.17) is 10.1 Å². The van der Waals surface area contributed by atoms with Crippen molar-refractivity contribution >= 4 is 16.8 Å². The van der Waals surface area contributed by atoms with Crippen molar-refractivity contribution in [3.63, 3.8) is 0 Å². The molecule has 0 radical (unpaired) electrons. The Kier molecular flexibility index (Phi) is 3.58. The van der Waals surface area contributed by atoms with Crippen molar-refractivity contribution in [2.45, 2.75) is 13.8 Å². The lowest BCUT2D eigenvalue weighted by Gasteiger charge is -2.12. The van der Waals surface area contributed by atoms with Crippen molar-refractivity contribution < 1.29 is 4.74 Å². The summed E-state index contributed by atoms with van der Waals surface area (Å²) in [6.07, 6.45) is 1.90. The van der Waals surface area contributed by atoms with Gasteiger partial charge in [-0.05, 0) is 37.3 Å². The van der Waals surface area contributed by atoms with E-state index < -0.39 is 0 Å². The highest BCUT2D eigenvalue weighted by atomic mass is 32.2. The smallest absolute Gasteiger partial charge is 0.131 e. The van der Waals surface area contributed by atoms with Crippen molar-refractivity contribution in [3.05, 3.63) is 28.8 Å². The number of nitrogens with one attached hydrogen (secondary N) is 1. The number of methoxy groups -OCH3 is 1. The highest BCUT2D eigenvalue weighted by molar-refractivity contribution is 8.13. The molecule has 1 aromatic carbocycles. The van der Waals surface area contributed by atoms with E-state index >= 15 is 0 Å². The van der Waals surface area contributed by atoms with Gasteiger partial charge in [0.05, 0.1) is 12.2 Å². The van der Waals surface area contributed by atoms with Gasteiger partial charge in [-0.15, -0.1) is 11.8 Å². The maximum absolute atomic E-state index is 7.80. The summed E-state index contributed by atoms with van der Waals surface area (Å²) in [4.78, 5) is 0. The van der Waals surface area contributed by atoms with Crippen LogP contribution >= 0.6 is 11.8 Å². The van der Waals surface area contributed by atoms with E-state index in [2.05, 4.69) is 6.07 Å². The zero-order valence-corrected chi connectivity index (χ0v) is 9.79. The van der Waals surface area contributed by atoms with E-state index in [1.807, 2.05) is 26.2 Å². The van der Waals surface area contributed by atoms with Gasteiger partial charge in [0.1, 0.15) is 5.75 Å². The lowest BCUT2D eigenvalue weighted by Crippen LogP contribution is -2.00. The summed E-state index contributed by atoms with van der Waals surface area (Å²) in [6.45, 7) is 4.03. The summed E-state index contributed by atoms with van der Waals surface area (Å²) < 4.78 is 5.30. The van der Waals surface area contributed by atoms with Crippen LogP contribution in [-0.4, -0.2) is 18.4 Å². The van der Waals surface area contributed by atoms with Crippen LogP contribution in [0.1, 0.15) is 16.7 Å². The number of rotatable bonds is 2. The van der Waals surface area contributed by atoms with Gasteiger partial charge in [-0.2, -0.15) is 0 Å². The van der Waals surface area contributed by atoms with Crippen LogP contribution in [0.4, 0.5) is 0 Å². The summed E-state index contributed by atoms with van der Waals surface area (Å²) in [7, 11) is 1.65. The molecule has 0 saturated heterocycles. The topological polar surface area (TPSA) is 33.1 Å². The second kappa shape index (κ2) is 4.51. The average Bonchev–Trinajstić information content (AvgIpc) is 2.15. The first kappa shape index (κ1) is 11.1. The molecule has 0 aromatic heterocycles. The molecule has 0 heterocycles. The molecule has 0 saturated carbocycles. The van der Waals surface area contributed by atoms with E-state index in [-0.39, 0.29) is 0 Å². The van der Waals surface area contributed by atoms with Crippen molar-refractivity contribution in [1.82, 2.24) is 0 Å². The van der Waals surface area contributed by atoms with Crippen LogP contribution in [0.2, 0.25) is 0 Å². The highest BCUT2D eigenvalue weighted by Gasteiger charge is 2.10. The minimum atomic E-state index is 0.550. The van der Waals surface area contributed by atoms with Crippen LogP contribution in [-0.2, 0) is 0 Å². The van der Waals surface area contributed by atoms with E-state index in [1.54, 1.807) is 7.11 Å². The number of ether oxygens (including phenoxy) is 1. The fourth-order valence-corrected chi connectivity index (χ4v) is 1.88. The summed E-state index contributed by atoms with van der Waals surface area (Å²) in [6, 6.07) is 4.06. The second-order valence-electron chi connectivity index (χ2n) is 3.20. The largest absolute Gasteiger partial charge is 0.496 e. The van der Waals surface area contributed by atoms with E-state index in [0.717, 1.165) is 22.4 Å². The molecular weight excluding hydrogens is 194 g/mol. The number of thioether (sulfide) groups is 1. The maximum atomic E-state index is 7.80. The number of hydrogen-bond donors (Lipinski definition) is 1. The zero-order valence-electron chi connectivity index (χ0n) is 8.97. The fraction of sp³-hybridized carbons (Fsp3) is 0.364. The quantitative estimate of drug-likeness (QED) is 0.600. The lowest BCUT2D eigenvalue weighted by molar-refractivity contribution is 0.411. The van der Waals surface area contributed by atoms with Gasteiger partial charge in [-0.3, -0.25) is 5.41 Å². The molecular formula is C11H15NOS. The molecule has 0 amide bonds. The molecule has 0 aliphatic rings. The molecule has 1 N–H and O–H groups in total. The third-order valence-corrected chi connectivity index (χ3v) is 2.70. The first-order chi connectivity index (χ1) is 6.60. The van der Waals surface area contributed by atoms with Crippen molar-refractivity contribution in [1.29, 1.82) is 5.41 Å². The van der Waals surface area contributed by atoms with Gasteiger partial charge >= 0.3 is 0 Å². The minimum Gasteiger partial charge on any atom is -0.496 e. The third-order valence-electron chi connectivity index (χ3n) is 2.07. The summed E-state index contributed by atoms with van der Waals surface area (Å²) >= 11 is 1.43. The monoisotopic (exact) mass is 209 g/mol. The van der Waals surface area contributed by atoms with Crippen LogP contribution in [0.15, 0.2) is 12.1 Å². The SMILES string of the molecule is COc1c(C)cc(C)cc1C(=N)SC. The molecule has 3 heteroatoms. The predicted octanol–water partition coefficient (Wildman–Crippen LogP) is 3.00. The van der Waals surface area contributed by atoms with Gasteiger partial charge in [-0.1, -0.05) is 6.07 Å². The standard InChI is InChI=1S/C11H15NOS/c1-7-5-8(2)10(13-3)9(6-7)11(12)14-4/h5-6,12H,1-4H3. The fourth-order valence-electron chi connectivity index (χ4n) is 1.50. The predicted molar refractivity (Wildman–Crippen MR) is 62.8 cm³/mol. The Bertz CT molecular complexity index is 361. The Morgan fingerprint density at radius 3 is 2.50 bits per heavy atom. The molecule has 76 valence electrons. The molecule has 2 nitrogen and oxygen atoms in total. The number of hydrogen-bond acceptors (Lipinski definition) is 3. The Balaban J connectivity index is 3.32. The van der Waals surface area contributed by atoms with Crippen LogP contribution in [0, 0.1) is 19.3 Å². The Morgan fingerprint density at radius 1 is 1.36 bits per heavy atom. The van der Waals surface area contributed by atoms with Crippen LogP contribution in [0.3, 0.4) is 0 Å². The average molecular weight is 209 g/mol. The van der Waals surface area contributed by atoms with E-state index in [9.17, 15) is 0 Å². The molecule has 0 aliphatic carbocycles. The van der Waals surface area contributed by atoms with Gasteiger partial charge in [0, 0.05) is 5.56 Å². The third kappa shape index (κ3) is 2.10. The molecule has 0 spiro atoms. The molecule has 0 unspecified atom stereocenters. The van der Waals surface area contributed by atoms with Crippen LogP contribution in [0.25, 0.3) is 0 Å².